The van der Waals surface area contributed by atoms with Crippen LogP contribution in [0.25, 0.3) is 0 Å². The third kappa shape index (κ3) is 3.56. The zero-order valence-corrected chi connectivity index (χ0v) is 12.2. The van der Waals surface area contributed by atoms with Crippen LogP contribution in [0.3, 0.4) is 0 Å². The zero-order valence-electron chi connectivity index (χ0n) is 11.4. The maximum Gasteiger partial charge on any atom is 0.0302 e. The minimum absolute atomic E-state index is 0.764. The molecule has 1 aliphatic carbocycles. The van der Waals surface area contributed by atoms with E-state index in [1.165, 1.54) is 47.4 Å². The summed E-state index contributed by atoms with van der Waals surface area (Å²) < 4.78 is 0. The van der Waals surface area contributed by atoms with Crippen molar-refractivity contribution in [2.45, 2.75) is 65.5 Å². The molecule has 1 N–H and O–H groups in total. The molecule has 2 rings (SSSR count). The summed E-state index contributed by atoms with van der Waals surface area (Å²) in [4.78, 5) is 2.97. The minimum atomic E-state index is 0.764. The third-order valence-electron chi connectivity index (χ3n) is 4.21. The van der Waals surface area contributed by atoms with Crippen LogP contribution in [0.1, 0.15) is 54.3 Å². The van der Waals surface area contributed by atoms with Crippen LogP contribution < -0.4 is 5.32 Å². The summed E-state index contributed by atoms with van der Waals surface area (Å²) in [5.74, 6) is 0.999. The fourth-order valence-electron chi connectivity index (χ4n) is 2.76. The lowest BCUT2D eigenvalue weighted by atomic mass is 9.84. The van der Waals surface area contributed by atoms with E-state index >= 15 is 0 Å². The number of hydrogen-bond acceptors (Lipinski definition) is 2. The van der Waals surface area contributed by atoms with Crippen LogP contribution in [-0.2, 0) is 6.54 Å². The van der Waals surface area contributed by atoms with E-state index in [1.54, 1.807) is 0 Å². The monoisotopic (exact) mass is 251 g/mol. The number of hydrogen-bond donors (Lipinski definition) is 1. The molecule has 0 bridgehead atoms. The Morgan fingerprint density at radius 3 is 2.47 bits per heavy atom. The summed E-state index contributed by atoms with van der Waals surface area (Å²) in [5, 5.41) is 3.73. The van der Waals surface area contributed by atoms with E-state index < -0.39 is 0 Å². The van der Waals surface area contributed by atoms with Crippen molar-refractivity contribution in [2.75, 3.05) is 0 Å². The maximum absolute atomic E-state index is 3.73. The summed E-state index contributed by atoms with van der Waals surface area (Å²) >= 11 is 1.95. The van der Waals surface area contributed by atoms with Gasteiger partial charge in [-0.2, -0.15) is 0 Å². The zero-order chi connectivity index (χ0) is 12.3. The van der Waals surface area contributed by atoms with Crippen LogP contribution in [0, 0.1) is 19.8 Å². The summed E-state index contributed by atoms with van der Waals surface area (Å²) in [5.41, 5.74) is 1.45. The molecule has 1 aromatic rings. The molecule has 0 aliphatic heterocycles. The van der Waals surface area contributed by atoms with E-state index in [2.05, 4.69) is 32.2 Å². The van der Waals surface area contributed by atoms with Crippen molar-refractivity contribution < 1.29 is 0 Å². The Bertz CT molecular complexity index is 328. The van der Waals surface area contributed by atoms with Gasteiger partial charge in [-0.15, -0.1) is 11.3 Å². The van der Waals surface area contributed by atoms with Crippen molar-refractivity contribution in [2.24, 2.45) is 5.92 Å². The van der Waals surface area contributed by atoms with Crippen molar-refractivity contribution in [3.05, 3.63) is 21.4 Å². The molecule has 0 saturated heterocycles. The Balaban J connectivity index is 1.75. The fourth-order valence-corrected chi connectivity index (χ4v) is 3.76. The van der Waals surface area contributed by atoms with Gasteiger partial charge in [-0.3, -0.25) is 0 Å². The standard InChI is InChI=1S/C15H25NS/c1-4-13-5-7-14(8-6-13)16-10-15-9-11(2)12(3)17-15/h9,13-14,16H,4-8,10H2,1-3H3. The molecule has 1 nitrogen and oxygen atoms in total. The molecule has 0 unspecified atom stereocenters. The lowest BCUT2D eigenvalue weighted by Gasteiger charge is -2.28. The molecule has 0 atom stereocenters. The van der Waals surface area contributed by atoms with E-state index in [-0.39, 0.29) is 0 Å². The first-order valence-electron chi connectivity index (χ1n) is 6.98. The van der Waals surface area contributed by atoms with Gasteiger partial charge >= 0.3 is 0 Å². The van der Waals surface area contributed by atoms with Gasteiger partial charge in [-0.25, -0.2) is 0 Å². The van der Waals surface area contributed by atoms with Crippen molar-refractivity contribution in [1.82, 2.24) is 5.32 Å². The average Bonchev–Trinajstić information content (AvgIpc) is 2.67. The Morgan fingerprint density at radius 1 is 1.24 bits per heavy atom. The molecule has 96 valence electrons. The van der Waals surface area contributed by atoms with E-state index in [9.17, 15) is 0 Å². The van der Waals surface area contributed by atoms with E-state index in [1.807, 2.05) is 11.3 Å². The third-order valence-corrected chi connectivity index (χ3v) is 5.36. The highest BCUT2D eigenvalue weighted by Crippen LogP contribution is 2.27. The Labute approximate surface area is 110 Å². The predicted octanol–water partition coefficient (Wildman–Crippen LogP) is 4.42. The maximum atomic E-state index is 3.73. The van der Waals surface area contributed by atoms with Crippen molar-refractivity contribution >= 4 is 11.3 Å². The number of rotatable bonds is 4. The normalized spacial score (nSPS) is 25.1. The molecule has 0 radical (unpaired) electrons. The van der Waals surface area contributed by atoms with Gasteiger partial charge in [0.05, 0.1) is 0 Å². The van der Waals surface area contributed by atoms with Crippen LogP contribution in [0.4, 0.5) is 0 Å². The largest absolute Gasteiger partial charge is 0.309 e. The van der Waals surface area contributed by atoms with Gasteiger partial charge in [0, 0.05) is 22.3 Å². The molecule has 0 amide bonds. The van der Waals surface area contributed by atoms with Gasteiger partial charge in [0.25, 0.3) is 0 Å². The van der Waals surface area contributed by atoms with Gasteiger partial charge in [0.1, 0.15) is 0 Å². The number of nitrogens with one attached hydrogen (secondary N) is 1. The highest BCUT2D eigenvalue weighted by atomic mass is 32.1. The smallest absolute Gasteiger partial charge is 0.0302 e. The molecule has 1 aliphatic rings. The minimum Gasteiger partial charge on any atom is -0.309 e. The van der Waals surface area contributed by atoms with Crippen LogP contribution in [0.2, 0.25) is 0 Å². The molecule has 0 aromatic carbocycles. The first-order valence-corrected chi connectivity index (χ1v) is 7.80. The highest BCUT2D eigenvalue weighted by molar-refractivity contribution is 7.12. The van der Waals surface area contributed by atoms with Crippen molar-refractivity contribution in [3.8, 4) is 0 Å². The van der Waals surface area contributed by atoms with E-state index in [4.69, 9.17) is 0 Å². The van der Waals surface area contributed by atoms with Gasteiger partial charge < -0.3 is 5.32 Å². The SMILES string of the molecule is CCC1CCC(NCc2cc(C)c(C)s2)CC1. The number of thiophene rings is 1. The Morgan fingerprint density at radius 2 is 1.94 bits per heavy atom. The molecular formula is C15H25NS. The summed E-state index contributed by atoms with van der Waals surface area (Å²) in [7, 11) is 0. The number of aryl methyl sites for hydroxylation is 2. The summed E-state index contributed by atoms with van der Waals surface area (Å²) in [6.45, 7) is 7.83. The molecule has 2 heteroatoms. The second kappa shape index (κ2) is 6.01. The molecule has 1 aromatic heterocycles. The Kier molecular flexibility index (Phi) is 4.63. The second-order valence-electron chi connectivity index (χ2n) is 5.46. The molecule has 1 fully saturated rings. The van der Waals surface area contributed by atoms with Gasteiger partial charge in [-0.05, 0) is 57.1 Å². The average molecular weight is 251 g/mol. The van der Waals surface area contributed by atoms with Gasteiger partial charge in [0.15, 0.2) is 0 Å². The van der Waals surface area contributed by atoms with Crippen molar-refractivity contribution in [1.29, 1.82) is 0 Å². The van der Waals surface area contributed by atoms with Gasteiger partial charge in [-0.1, -0.05) is 13.3 Å². The van der Waals surface area contributed by atoms with Gasteiger partial charge in [0.2, 0.25) is 0 Å². The molecular weight excluding hydrogens is 226 g/mol. The predicted molar refractivity (Wildman–Crippen MR) is 76.7 cm³/mol. The topological polar surface area (TPSA) is 12.0 Å². The second-order valence-corrected chi connectivity index (χ2v) is 6.80. The molecule has 0 spiro atoms. The highest BCUT2D eigenvalue weighted by Gasteiger charge is 2.19. The van der Waals surface area contributed by atoms with Crippen LogP contribution in [0.15, 0.2) is 6.07 Å². The molecule has 1 heterocycles. The first kappa shape index (κ1) is 13.1. The van der Waals surface area contributed by atoms with Crippen molar-refractivity contribution in [3.63, 3.8) is 0 Å². The lowest BCUT2D eigenvalue weighted by molar-refractivity contribution is 0.285. The fraction of sp³-hybridized carbons (Fsp3) is 0.733. The lowest BCUT2D eigenvalue weighted by Crippen LogP contribution is -2.32. The van der Waals surface area contributed by atoms with Crippen LogP contribution in [0.5, 0.6) is 0 Å². The van der Waals surface area contributed by atoms with Crippen LogP contribution in [-0.4, -0.2) is 6.04 Å². The Hall–Kier alpha value is -0.340. The summed E-state index contributed by atoms with van der Waals surface area (Å²) in [6, 6.07) is 3.10. The first-order chi connectivity index (χ1) is 8.19. The summed E-state index contributed by atoms with van der Waals surface area (Å²) in [6.07, 6.45) is 6.98. The molecule has 17 heavy (non-hydrogen) atoms. The van der Waals surface area contributed by atoms with Crippen LogP contribution >= 0.6 is 11.3 Å². The van der Waals surface area contributed by atoms with E-state index in [0.717, 1.165) is 18.5 Å². The molecule has 1 saturated carbocycles. The quantitative estimate of drug-likeness (QED) is 0.835. The van der Waals surface area contributed by atoms with E-state index in [0.29, 0.717) is 0 Å².